The highest BCUT2D eigenvalue weighted by atomic mass is 32.2. The molecule has 1 unspecified atom stereocenters. The molecule has 5 nitrogen and oxygen atoms in total. The number of nitrogens with zero attached hydrogens (tertiary/aromatic N) is 2. The number of aryl methyl sites for hydroxylation is 1. The lowest BCUT2D eigenvalue weighted by Gasteiger charge is -2.14. The Labute approximate surface area is 167 Å². The van der Waals surface area contributed by atoms with Crippen molar-refractivity contribution in [2.45, 2.75) is 18.6 Å². The number of hydrogen-bond donors (Lipinski definition) is 1. The van der Waals surface area contributed by atoms with Crippen molar-refractivity contribution in [1.29, 1.82) is 0 Å². The first-order valence-electron chi connectivity index (χ1n) is 8.76. The van der Waals surface area contributed by atoms with Crippen LogP contribution in [0, 0.1) is 12.7 Å². The summed E-state index contributed by atoms with van der Waals surface area (Å²) in [5.74, 6) is -1.15. The van der Waals surface area contributed by atoms with Crippen LogP contribution in [0.15, 0.2) is 66.2 Å². The zero-order valence-corrected chi connectivity index (χ0v) is 16.2. The standard InChI is InChI=1S/C21H20FN3O2S/c1-3-11-25-20(27)18(13-19(26)24-17-10-5-4-9-16(17)22)28-21(25)23-15-8-6-7-14(2)12-15/h3-10,12,18H,1,11,13H2,2H3,(H,24,26). The van der Waals surface area contributed by atoms with Gasteiger partial charge in [0.25, 0.3) is 0 Å². The smallest absolute Gasteiger partial charge is 0.242 e. The SMILES string of the molecule is C=CCN1C(=O)C(CC(=O)Nc2ccccc2F)SC1=Nc1cccc(C)c1. The number of carbonyl (C=O) groups excluding carboxylic acids is 2. The third kappa shape index (κ3) is 4.67. The molecule has 1 aliphatic rings. The maximum Gasteiger partial charge on any atom is 0.242 e. The molecule has 7 heteroatoms. The first-order valence-corrected chi connectivity index (χ1v) is 9.64. The number of halogens is 1. The molecular formula is C21H20FN3O2S. The number of nitrogens with one attached hydrogen (secondary N) is 1. The third-order valence-corrected chi connectivity index (χ3v) is 5.25. The fraction of sp³-hybridized carbons (Fsp3) is 0.190. The number of benzene rings is 2. The van der Waals surface area contributed by atoms with Crippen molar-refractivity contribution in [2.75, 3.05) is 11.9 Å². The number of hydrogen-bond acceptors (Lipinski definition) is 4. The molecule has 2 amide bonds. The van der Waals surface area contributed by atoms with Crippen LogP contribution in [-0.2, 0) is 9.59 Å². The molecule has 1 N–H and O–H groups in total. The number of amides is 2. The van der Waals surface area contributed by atoms with E-state index < -0.39 is 17.0 Å². The molecule has 1 saturated heterocycles. The highest BCUT2D eigenvalue weighted by Crippen LogP contribution is 2.32. The molecule has 2 aromatic carbocycles. The average Bonchev–Trinajstić information content (AvgIpc) is 2.93. The van der Waals surface area contributed by atoms with Crippen LogP contribution in [-0.4, -0.2) is 33.7 Å². The van der Waals surface area contributed by atoms with Gasteiger partial charge in [-0.2, -0.15) is 0 Å². The molecule has 0 radical (unpaired) electrons. The second kappa shape index (κ2) is 8.84. The van der Waals surface area contributed by atoms with E-state index in [4.69, 9.17) is 0 Å². The van der Waals surface area contributed by atoms with Gasteiger partial charge in [-0.25, -0.2) is 9.38 Å². The van der Waals surface area contributed by atoms with Crippen LogP contribution in [0.5, 0.6) is 0 Å². The van der Waals surface area contributed by atoms with Gasteiger partial charge in [0.1, 0.15) is 11.1 Å². The fourth-order valence-corrected chi connectivity index (χ4v) is 3.93. The van der Waals surface area contributed by atoms with Gasteiger partial charge in [-0.3, -0.25) is 14.5 Å². The summed E-state index contributed by atoms with van der Waals surface area (Å²) in [7, 11) is 0. The molecule has 0 saturated carbocycles. The Bertz CT molecular complexity index is 945. The lowest BCUT2D eigenvalue weighted by molar-refractivity contribution is -0.127. The molecule has 3 rings (SSSR count). The fourth-order valence-electron chi connectivity index (χ4n) is 2.76. The second-order valence-electron chi connectivity index (χ2n) is 6.31. The molecule has 28 heavy (non-hydrogen) atoms. The summed E-state index contributed by atoms with van der Waals surface area (Å²) in [5.41, 5.74) is 1.90. The van der Waals surface area contributed by atoms with Gasteiger partial charge in [0.2, 0.25) is 11.8 Å². The monoisotopic (exact) mass is 397 g/mol. The van der Waals surface area contributed by atoms with Crippen molar-refractivity contribution >= 4 is 40.1 Å². The minimum Gasteiger partial charge on any atom is -0.324 e. The summed E-state index contributed by atoms with van der Waals surface area (Å²) in [6.07, 6.45) is 1.55. The Balaban J connectivity index is 1.75. The van der Waals surface area contributed by atoms with Crippen molar-refractivity contribution in [3.8, 4) is 0 Å². The van der Waals surface area contributed by atoms with Crippen LogP contribution >= 0.6 is 11.8 Å². The summed E-state index contributed by atoms with van der Waals surface area (Å²) in [4.78, 5) is 31.1. The average molecular weight is 397 g/mol. The number of amidine groups is 1. The van der Waals surface area contributed by atoms with Crippen LogP contribution < -0.4 is 5.32 Å². The minimum absolute atomic E-state index is 0.0711. The van der Waals surface area contributed by atoms with Crippen LogP contribution in [0.2, 0.25) is 0 Å². The van der Waals surface area contributed by atoms with E-state index in [1.807, 2.05) is 31.2 Å². The van der Waals surface area contributed by atoms with Gasteiger partial charge in [0.15, 0.2) is 5.17 Å². The van der Waals surface area contributed by atoms with Gasteiger partial charge >= 0.3 is 0 Å². The number of rotatable bonds is 6. The molecule has 1 atom stereocenters. The first kappa shape index (κ1) is 19.8. The molecule has 0 bridgehead atoms. The van der Waals surface area contributed by atoms with Gasteiger partial charge in [-0.15, -0.1) is 6.58 Å². The molecule has 144 valence electrons. The van der Waals surface area contributed by atoms with Crippen molar-refractivity contribution in [1.82, 2.24) is 4.90 Å². The van der Waals surface area contributed by atoms with E-state index >= 15 is 0 Å². The number of thioether (sulfide) groups is 1. The Morgan fingerprint density at radius 1 is 1.32 bits per heavy atom. The zero-order valence-electron chi connectivity index (χ0n) is 15.4. The summed E-state index contributed by atoms with van der Waals surface area (Å²) in [6, 6.07) is 13.6. The van der Waals surface area contributed by atoms with E-state index in [-0.39, 0.29) is 18.0 Å². The molecular weight excluding hydrogens is 377 g/mol. The van der Waals surface area contributed by atoms with E-state index in [1.54, 1.807) is 18.2 Å². The predicted molar refractivity (Wildman–Crippen MR) is 111 cm³/mol. The number of aliphatic imine (C=N–C) groups is 1. The Morgan fingerprint density at radius 3 is 2.82 bits per heavy atom. The summed E-state index contributed by atoms with van der Waals surface area (Å²) in [5, 5.41) is 2.43. The Kier molecular flexibility index (Phi) is 6.26. The van der Waals surface area contributed by atoms with Gasteiger partial charge in [-0.1, -0.05) is 42.1 Å². The largest absolute Gasteiger partial charge is 0.324 e. The molecule has 0 aliphatic carbocycles. The molecule has 1 fully saturated rings. The number of para-hydroxylation sites is 1. The van der Waals surface area contributed by atoms with Gasteiger partial charge in [0, 0.05) is 13.0 Å². The van der Waals surface area contributed by atoms with E-state index in [2.05, 4.69) is 16.9 Å². The number of carbonyl (C=O) groups is 2. The lowest BCUT2D eigenvalue weighted by atomic mass is 10.2. The Hall–Kier alpha value is -2.93. The van der Waals surface area contributed by atoms with E-state index in [0.717, 1.165) is 11.3 Å². The number of anilines is 1. The summed E-state index contributed by atoms with van der Waals surface area (Å²) < 4.78 is 13.7. The van der Waals surface area contributed by atoms with E-state index in [0.29, 0.717) is 11.7 Å². The maximum atomic E-state index is 13.7. The van der Waals surface area contributed by atoms with Crippen LogP contribution in [0.4, 0.5) is 15.8 Å². The first-order chi connectivity index (χ1) is 13.5. The lowest BCUT2D eigenvalue weighted by Crippen LogP contribution is -2.33. The predicted octanol–water partition coefficient (Wildman–Crippen LogP) is 4.28. The molecule has 1 heterocycles. The summed E-state index contributed by atoms with van der Waals surface area (Å²) >= 11 is 1.23. The van der Waals surface area contributed by atoms with Gasteiger partial charge in [-0.05, 0) is 36.8 Å². The Morgan fingerprint density at radius 2 is 2.11 bits per heavy atom. The second-order valence-corrected chi connectivity index (χ2v) is 7.48. The van der Waals surface area contributed by atoms with Gasteiger partial charge < -0.3 is 5.32 Å². The van der Waals surface area contributed by atoms with Gasteiger partial charge in [0.05, 0.1) is 11.4 Å². The van der Waals surface area contributed by atoms with E-state index in [9.17, 15) is 14.0 Å². The van der Waals surface area contributed by atoms with Crippen molar-refractivity contribution in [2.24, 2.45) is 4.99 Å². The molecule has 1 aliphatic heterocycles. The normalized spacial score (nSPS) is 17.8. The third-order valence-electron chi connectivity index (χ3n) is 4.08. The zero-order chi connectivity index (χ0) is 20.1. The van der Waals surface area contributed by atoms with E-state index in [1.165, 1.54) is 28.8 Å². The van der Waals surface area contributed by atoms with Crippen LogP contribution in [0.25, 0.3) is 0 Å². The highest BCUT2D eigenvalue weighted by molar-refractivity contribution is 8.15. The summed E-state index contributed by atoms with van der Waals surface area (Å²) in [6.45, 7) is 5.96. The maximum absolute atomic E-state index is 13.7. The van der Waals surface area contributed by atoms with Crippen LogP contribution in [0.1, 0.15) is 12.0 Å². The van der Waals surface area contributed by atoms with Crippen molar-refractivity contribution in [3.05, 3.63) is 72.6 Å². The topological polar surface area (TPSA) is 61.8 Å². The molecule has 0 aromatic heterocycles. The minimum atomic E-state index is -0.615. The van der Waals surface area contributed by atoms with Crippen molar-refractivity contribution in [3.63, 3.8) is 0 Å². The van der Waals surface area contributed by atoms with Crippen LogP contribution in [0.3, 0.4) is 0 Å². The molecule has 0 spiro atoms. The highest BCUT2D eigenvalue weighted by Gasteiger charge is 2.38. The quantitative estimate of drug-likeness (QED) is 0.740. The molecule has 2 aromatic rings. The van der Waals surface area contributed by atoms with Crippen molar-refractivity contribution < 1.29 is 14.0 Å².